The second kappa shape index (κ2) is 4.34. The molecule has 0 saturated carbocycles. The molecule has 88 valence electrons. The van der Waals surface area contributed by atoms with Crippen molar-refractivity contribution < 1.29 is 4.74 Å². The Morgan fingerprint density at radius 3 is 3.00 bits per heavy atom. The van der Waals surface area contributed by atoms with E-state index in [1.54, 1.807) is 0 Å². The zero-order valence-corrected chi connectivity index (χ0v) is 9.97. The summed E-state index contributed by atoms with van der Waals surface area (Å²) in [6, 6.07) is 10.3. The lowest BCUT2D eigenvalue weighted by atomic mass is 10.2. The van der Waals surface area contributed by atoms with Crippen LogP contribution in [0.25, 0.3) is 0 Å². The largest absolute Gasteiger partial charge is 0.367 e. The highest BCUT2D eigenvalue weighted by molar-refractivity contribution is 5.25. The molecule has 1 aliphatic rings. The van der Waals surface area contributed by atoms with Gasteiger partial charge in [-0.05, 0) is 24.0 Å². The van der Waals surface area contributed by atoms with Gasteiger partial charge in [-0.1, -0.05) is 30.3 Å². The molecule has 1 unspecified atom stereocenters. The highest BCUT2D eigenvalue weighted by atomic mass is 16.5. The van der Waals surface area contributed by atoms with Crippen molar-refractivity contribution in [2.24, 2.45) is 7.05 Å². The summed E-state index contributed by atoms with van der Waals surface area (Å²) < 4.78 is 7.94. The van der Waals surface area contributed by atoms with Crippen LogP contribution < -0.4 is 0 Å². The summed E-state index contributed by atoms with van der Waals surface area (Å²) in [5.41, 5.74) is 3.81. The van der Waals surface area contributed by atoms with Gasteiger partial charge in [-0.2, -0.15) is 5.10 Å². The summed E-state index contributed by atoms with van der Waals surface area (Å²) in [5, 5.41) is 4.28. The standard InChI is InChI=1S/C14H16N2O/c1-16-14-12(9-15-16)7-8-13(14)17-10-11-5-3-2-4-6-11/h2-6,9,13H,7-8,10H2,1H3. The molecule has 3 rings (SSSR count). The molecular weight excluding hydrogens is 212 g/mol. The van der Waals surface area contributed by atoms with Gasteiger partial charge < -0.3 is 4.74 Å². The quantitative estimate of drug-likeness (QED) is 0.807. The van der Waals surface area contributed by atoms with Crippen molar-refractivity contribution in [3.63, 3.8) is 0 Å². The third kappa shape index (κ3) is 1.98. The van der Waals surface area contributed by atoms with Gasteiger partial charge >= 0.3 is 0 Å². The van der Waals surface area contributed by atoms with E-state index in [-0.39, 0.29) is 6.10 Å². The van der Waals surface area contributed by atoms with Gasteiger partial charge in [0.25, 0.3) is 0 Å². The number of nitrogens with zero attached hydrogens (tertiary/aromatic N) is 2. The maximum absolute atomic E-state index is 5.99. The van der Waals surface area contributed by atoms with Crippen LogP contribution in [0.3, 0.4) is 0 Å². The van der Waals surface area contributed by atoms with Gasteiger partial charge in [0.15, 0.2) is 0 Å². The Morgan fingerprint density at radius 1 is 1.35 bits per heavy atom. The third-order valence-corrected chi connectivity index (χ3v) is 3.34. The SMILES string of the molecule is Cn1ncc2c1C(OCc1ccccc1)CC2. The van der Waals surface area contributed by atoms with Crippen molar-refractivity contribution in [3.8, 4) is 0 Å². The average molecular weight is 228 g/mol. The Hall–Kier alpha value is -1.61. The van der Waals surface area contributed by atoms with Crippen LogP contribution in [0, 0.1) is 0 Å². The molecule has 0 N–H and O–H groups in total. The molecule has 1 aliphatic carbocycles. The zero-order chi connectivity index (χ0) is 11.7. The van der Waals surface area contributed by atoms with Crippen LogP contribution >= 0.6 is 0 Å². The Balaban J connectivity index is 1.70. The van der Waals surface area contributed by atoms with E-state index in [2.05, 4.69) is 17.2 Å². The van der Waals surface area contributed by atoms with Crippen LogP contribution in [0.15, 0.2) is 36.5 Å². The Morgan fingerprint density at radius 2 is 2.18 bits per heavy atom. The Labute approximate surface area is 101 Å². The van der Waals surface area contributed by atoms with E-state index in [0.29, 0.717) is 6.61 Å². The maximum Gasteiger partial charge on any atom is 0.100 e. The summed E-state index contributed by atoms with van der Waals surface area (Å²) in [7, 11) is 1.99. The van der Waals surface area contributed by atoms with E-state index in [4.69, 9.17) is 4.74 Å². The van der Waals surface area contributed by atoms with Crippen LogP contribution in [0.4, 0.5) is 0 Å². The van der Waals surface area contributed by atoms with E-state index in [9.17, 15) is 0 Å². The zero-order valence-electron chi connectivity index (χ0n) is 9.97. The van der Waals surface area contributed by atoms with Gasteiger partial charge in [0.2, 0.25) is 0 Å². The maximum atomic E-state index is 5.99. The number of fused-ring (bicyclic) bond motifs is 1. The molecule has 17 heavy (non-hydrogen) atoms. The van der Waals surface area contributed by atoms with Gasteiger partial charge in [-0.3, -0.25) is 4.68 Å². The number of hydrogen-bond donors (Lipinski definition) is 0. The minimum Gasteiger partial charge on any atom is -0.367 e. The number of rotatable bonds is 3. The van der Waals surface area contributed by atoms with Crippen LogP contribution in [0.1, 0.15) is 29.3 Å². The molecule has 1 atom stereocenters. The Bertz CT molecular complexity index is 504. The van der Waals surface area contributed by atoms with Crippen molar-refractivity contribution in [3.05, 3.63) is 53.3 Å². The van der Waals surface area contributed by atoms with Crippen molar-refractivity contribution in [1.29, 1.82) is 0 Å². The van der Waals surface area contributed by atoms with Crippen LogP contribution in [0.5, 0.6) is 0 Å². The van der Waals surface area contributed by atoms with Gasteiger partial charge in [-0.15, -0.1) is 0 Å². The van der Waals surface area contributed by atoms with E-state index < -0.39 is 0 Å². The normalized spacial score (nSPS) is 18.3. The molecule has 1 aromatic heterocycles. The predicted molar refractivity (Wildman–Crippen MR) is 65.5 cm³/mol. The second-order valence-electron chi connectivity index (χ2n) is 4.50. The van der Waals surface area contributed by atoms with E-state index in [1.165, 1.54) is 16.8 Å². The first kappa shape index (κ1) is 10.5. The minimum atomic E-state index is 0.206. The molecule has 0 aliphatic heterocycles. The fourth-order valence-electron chi connectivity index (χ4n) is 2.46. The summed E-state index contributed by atoms with van der Waals surface area (Å²) in [6.45, 7) is 0.677. The molecule has 0 saturated heterocycles. The molecule has 1 aromatic carbocycles. The number of ether oxygens (including phenoxy) is 1. The fraction of sp³-hybridized carbons (Fsp3) is 0.357. The predicted octanol–water partition coefficient (Wildman–Crippen LogP) is 2.62. The third-order valence-electron chi connectivity index (χ3n) is 3.34. The van der Waals surface area contributed by atoms with Crippen LogP contribution in [0.2, 0.25) is 0 Å². The lowest BCUT2D eigenvalue weighted by Gasteiger charge is -2.13. The molecule has 0 fully saturated rings. The first-order chi connectivity index (χ1) is 8.34. The van der Waals surface area contributed by atoms with E-state index >= 15 is 0 Å². The minimum absolute atomic E-state index is 0.206. The molecule has 0 spiro atoms. The number of benzene rings is 1. The smallest absolute Gasteiger partial charge is 0.100 e. The van der Waals surface area contributed by atoms with E-state index in [1.807, 2.05) is 36.1 Å². The van der Waals surface area contributed by atoms with Crippen molar-refractivity contribution in [2.75, 3.05) is 0 Å². The van der Waals surface area contributed by atoms with Gasteiger partial charge in [-0.25, -0.2) is 0 Å². The molecular formula is C14H16N2O. The second-order valence-corrected chi connectivity index (χ2v) is 4.50. The highest BCUT2D eigenvalue weighted by Gasteiger charge is 2.26. The molecule has 3 nitrogen and oxygen atoms in total. The number of aryl methyl sites for hydroxylation is 2. The van der Waals surface area contributed by atoms with Crippen molar-refractivity contribution >= 4 is 0 Å². The molecule has 0 bridgehead atoms. The summed E-state index contributed by atoms with van der Waals surface area (Å²) in [4.78, 5) is 0. The highest BCUT2D eigenvalue weighted by Crippen LogP contribution is 2.33. The number of hydrogen-bond acceptors (Lipinski definition) is 2. The first-order valence-corrected chi connectivity index (χ1v) is 6.01. The first-order valence-electron chi connectivity index (χ1n) is 6.01. The average Bonchev–Trinajstić information content (AvgIpc) is 2.92. The molecule has 0 amide bonds. The molecule has 3 heteroatoms. The van der Waals surface area contributed by atoms with Crippen LogP contribution in [-0.2, 0) is 24.8 Å². The van der Waals surface area contributed by atoms with Crippen LogP contribution in [-0.4, -0.2) is 9.78 Å². The van der Waals surface area contributed by atoms with Gasteiger partial charge in [0.05, 0.1) is 18.5 Å². The summed E-state index contributed by atoms with van der Waals surface area (Å²) in [5.74, 6) is 0. The van der Waals surface area contributed by atoms with Gasteiger partial charge in [0.1, 0.15) is 6.10 Å². The molecule has 1 heterocycles. The Kier molecular flexibility index (Phi) is 2.69. The van der Waals surface area contributed by atoms with Crippen molar-refractivity contribution in [2.45, 2.75) is 25.6 Å². The summed E-state index contributed by atoms with van der Waals surface area (Å²) in [6.07, 6.45) is 4.33. The van der Waals surface area contributed by atoms with Crippen molar-refractivity contribution in [1.82, 2.24) is 9.78 Å². The lowest BCUT2D eigenvalue weighted by Crippen LogP contribution is -2.06. The molecule has 2 aromatic rings. The lowest BCUT2D eigenvalue weighted by molar-refractivity contribution is 0.0359. The fourth-order valence-corrected chi connectivity index (χ4v) is 2.46. The summed E-state index contributed by atoms with van der Waals surface area (Å²) >= 11 is 0. The number of aromatic nitrogens is 2. The van der Waals surface area contributed by atoms with E-state index in [0.717, 1.165) is 12.8 Å². The molecule has 0 radical (unpaired) electrons. The monoisotopic (exact) mass is 228 g/mol. The van der Waals surface area contributed by atoms with Gasteiger partial charge in [0, 0.05) is 7.05 Å². The topological polar surface area (TPSA) is 27.1 Å².